The summed E-state index contributed by atoms with van der Waals surface area (Å²) < 4.78 is 17.5. The summed E-state index contributed by atoms with van der Waals surface area (Å²) in [5.41, 5.74) is 7.43. The molecule has 0 bridgehead atoms. The summed E-state index contributed by atoms with van der Waals surface area (Å²) in [7, 11) is 5.00. The molecule has 0 aliphatic heterocycles. The van der Waals surface area contributed by atoms with E-state index in [0.717, 1.165) is 71.4 Å². The van der Waals surface area contributed by atoms with Crippen molar-refractivity contribution in [3.05, 3.63) is 229 Å². The summed E-state index contributed by atoms with van der Waals surface area (Å²) in [5, 5.41) is 18.2. The van der Waals surface area contributed by atoms with Crippen LogP contribution in [0.1, 0.15) is 82.6 Å². The molecule has 2 N–H and O–H groups in total. The Hall–Kier alpha value is -7.61. The van der Waals surface area contributed by atoms with Crippen molar-refractivity contribution in [1.82, 2.24) is 0 Å². The van der Waals surface area contributed by atoms with Crippen LogP contribution in [0.15, 0.2) is 179 Å². The van der Waals surface area contributed by atoms with E-state index in [0.29, 0.717) is 5.56 Å². The minimum Gasteiger partial charge on any atom is -0.497 e. The smallest absolute Gasteiger partial charge is 0.150 e. The number of carbonyl (C=O) groups is 1. The highest BCUT2D eigenvalue weighted by Crippen LogP contribution is 2.18. The van der Waals surface area contributed by atoms with Crippen molar-refractivity contribution < 1.29 is 29.2 Å². The van der Waals surface area contributed by atoms with Gasteiger partial charge in [-0.05, 0) is 146 Å². The molecule has 0 aliphatic rings. The summed E-state index contributed by atoms with van der Waals surface area (Å²) in [6.07, 6.45) is 23.3. The predicted octanol–water partition coefficient (Wildman–Crippen LogP) is 15.1. The molecule has 7 aromatic rings. The van der Waals surface area contributed by atoms with Crippen LogP contribution in [0, 0.1) is 36.5 Å². The zero-order valence-corrected chi connectivity index (χ0v) is 44.8. The molecule has 0 spiro atoms. The van der Waals surface area contributed by atoms with Gasteiger partial charge < -0.3 is 24.4 Å². The van der Waals surface area contributed by atoms with E-state index in [1.807, 2.05) is 146 Å². The Morgan fingerprint density at radius 1 is 0.417 bits per heavy atom. The Morgan fingerprint density at radius 3 is 0.903 bits per heavy atom. The first-order valence-electron chi connectivity index (χ1n) is 22.5. The lowest BCUT2D eigenvalue weighted by atomic mass is 10.1. The quantitative estimate of drug-likeness (QED) is 0.0806. The molecule has 0 unspecified atom stereocenters. The van der Waals surface area contributed by atoms with Crippen molar-refractivity contribution in [3.63, 3.8) is 0 Å². The van der Waals surface area contributed by atoms with Gasteiger partial charge in [-0.1, -0.05) is 177 Å². The van der Waals surface area contributed by atoms with Crippen LogP contribution in [0.3, 0.4) is 0 Å². The molecule has 8 heteroatoms. The Kier molecular flexibility index (Phi) is 25.7. The lowest BCUT2D eigenvalue weighted by Crippen LogP contribution is -2.14. The number of methoxy groups -OCH3 is 3. The summed E-state index contributed by atoms with van der Waals surface area (Å²) in [5.74, 6) is 13.1. The van der Waals surface area contributed by atoms with E-state index in [4.69, 9.17) is 32.2 Å². The molecule has 0 amide bonds. The number of aldehydes is 1. The third kappa shape index (κ3) is 25.3. The van der Waals surface area contributed by atoms with Crippen LogP contribution in [0.2, 0.25) is 0 Å². The topological polar surface area (TPSA) is 85.2 Å². The Morgan fingerprint density at radius 2 is 0.667 bits per heavy atom. The van der Waals surface area contributed by atoms with Gasteiger partial charge in [-0.25, -0.2) is 0 Å². The molecule has 0 aliphatic carbocycles. The zero-order valence-electron chi connectivity index (χ0n) is 41.6. The average Bonchev–Trinajstić information content (AvgIpc) is 3.40. The van der Waals surface area contributed by atoms with E-state index in [2.05, 4.69) is 104 Å². The predicted molar refractivity (Wildman–Crippen MR) is 309 cm³/mol. The van der Waals surface area contributed by atoms with Crippen molar-refractivity contribution in [2.24, 2.45) is 0 Å². The van der Waals surface area contributed by atoms with E-state index >= 15 is 0 Å². The fourth-order valence-corrected chi connectivity index (χ4v) is 5.96. The molecule has 366 valence electrons. The zero-order chi connectivity index (χ0) is 52.8. The molecular formula is C64H60Br2O6. The second kappa shape index (κ2) is 31.6. The van der Waals surface area contributed by atoms with Gasteiger partial charge in [0.05, 0.1) is 21.3 Å². The first-order chi connectivity index (χ1) is 34.4. The van der Waals surface area contributed by atoms with Crippen LogP contribution in [-0.4, -0.2) is 49.0 Å². The lowest BCUT2D eigenvalue weighted by molar-refractivity contribution is 0.112. The van der Waals surface area contributed by atoms with Gasteiger partial charge in [0.2, 0.25) is 0 Å². The molecule has 7 rings (SSSR count). The summed E-state index contributed by atoms with van der Waals surface area (Å²) >= 11 is 6.68. The molecular weight excluding hydrogens is 1020 g/mol. The normalized spacial score (nSPS) is 10.5. The van der Waals surface area contributed by atoms with E-state index in [-0.39, 0.29) is 0 Å². The van der Waals surface area contributed by atoms with Gasteiger partial charge in [0.15, 0.2) is 0 Å². The highest BCUT2D eigenvalue weighted by atomic mass is 79.9. The molecule has 0 heterocycles. The largest absolute Gasteiger partial charge is 0.497 e. The van der Waals surface area contributed by atoms with Gasteiger partial charge in [0.25, 0.3) is 0 Å². The molecule has 0 atom stereocenters. The monoisotopic (exact) mass is 1080 g/mol. The third-order valence-corrected chi connectivity index (χ3v) is 10.5. The number of aliphatic hydroxyl groups is 2. The summed E-state index contributed by atoms with van der Waals surface area (Å²) in [6, 6.07) is 55.1. The molecule has 0 saturated heterocycles. The van der Waals surface area contributed by atoms with Crippen LogP contribution in [0.4, 0.5) is 0 Å². The molecule has 0 radical (unpaired) electrons. The lowest BCUT2D eigenvalue weighted by Gasteiger charge is -2.05. The van der Waals surface area contributed by atoms with Crippen molar-refractivity contribution in [1.29, 1.82) is 0 Å². The third-order valence-electron chi connectivity index (χ3n) is 9.48. The minimum absolute atomic E-state index is 0.707. The van der Waals surface area contributed by atoms with Gasteiger partial charge in [-0.15, -0.1) is 12.8 Å². The van der Waals surface area contributed by atoms with Gasteiger partial charge in [0.1, 0.15) is 34.7 Å². The van der Waals surface area contributed by atoms with E-state index in [1.54, 1.807) is 61.2 Å². The second-order valence-corrected chi connectivity index (χ2v) is 18.3. The van der Waals surface area contributed by atoms with Gasteiger partial charge in [-0.3, -0.25) is 4.79 Å². The molecule has 72 heavy (non-hydrogen) atoms. The van der Waals surface area contributed by atoms with Crippen molar-refractivity contribution in [3.8, 4) is 53.8 Å². The van der Waals surface area contributed by atoms with E-state index < -0.39 is 11.2 Å². The summed E-state index contributed by atoms with van der Waals surface area (Å²) in [6.45, 7) is 6.47. The van der Waals surface area contributed by atoms with Crippen LogP contribution in [0.25, 0.3) is 36.5 Å². The number of rotatable bonds is 10. The SMILES string of the molecule is C#CC(C)(C)O.C#Cc1ccc(/C=C/c2ccc(OC)cc2)cc1.COc1ccc(/C=C/c2ccc(Br)cc2)cc1.COc1ccc(/C=C/c2ccc(C#CC(C)(C)O)cc2)cc1.O=Cc1ccc(Br)cc1. The van der Waals surface area contributed by atoms with Crippen molar-refractivity contribution >= 4 is 74.6 Å². The van der Waals surface area contributed by atoms with Gasteiger partial charge in [0, 0.05) is 25.6 Å². The average molecular weight is 1080 g/mol. The fourth-order valence-electron chi connectivity index (χ4n) is 5.43. The van der Waals surface area contributed by atoms with Crippen LogP contribution >= 0.6 is 31.9 Å². The molecule has 7 aromatic carbocycles. The van der Waals surface area contributed by atoms with Crippen LogP contribution in [-0.2, 0) is 0 Å². The van der Waals surface area contributed by atoms with Crippen LogP contribution in [0.5, 0.6) is 17.2 Å². The number of halogens is 2. The number of ether oxygens (including phenoxy) is 3. The van der Waals surface area contributed by atoms with Gasteiger partial charge in [-0.2, -0.15) is 0 Å². The number of benzene rings is 7. The Balaban J connectivity index is 0.000000251. The highest BCUT2D eigenvalue weighted by Gasteiger charge is 2.06. The maximum absolute atomic E-state index is 10.1. The van der Waals surface area contributed by atoms with Gasteiger partial charge >= 0.3 is 0 Å². The number of carbonyl (C=O) groups excluding carboxylic acids is 1. The number of hydrogen-bond donors (Lipinski definition) is 2. The molecule has 6 nitrogen and oxygen atoms in total. The molecule has 0 aromatic heterocycles. The molecule has 0 fully saturated rings. The van der Waals surface area contributed by atoms with Crippen LogP contribution < -0.4 is 14.2 Å². The maximum atomic E-state index is 10.1. The minimum atomic E-state index is -0.965. The first kappa shape index (κ1) is 58.7. The molecule has 0 saturated carbocycles. The number of terminal acetylenes is 2. The first-order valence-corrected chi connectivity index (χ1v) is 24.1. The maximum Gasteiger partial charge on any atom is 0.150 e. The standard InChI is InChI=1S/C20H20O2.C17H14O.C15H13BrO.C7H5BrO.C5H8O/c1-20(2,21)15-14-18-8-6-16(7-9-18)4-5-17-10-12-19(22-3)13-11-17;1-3-14-4-6-15(7-5-14)8-9-16-10-12-17(18-2)13-11-16;1-17-15-10-6-13(7-11-15)3-2-12-4-8-14(16)9-5-12;8-7-3-1-6(5-9)2-4-7;1-4-5(2,3)6/h4-13,21H,1-3H3;1,4-13H,2H3;2-11H,1H3;1-5H;1,6H,2-3H3/b5-4+;9-8+;3-2+;;. The van der Waals surface area contributed by atoms with E-state index in [9.17, 15) is 9.90 Å². The number of hydrogen-bond acceptors (Lipinski definition) is 6. The van der Waals surface area contributed by atoms with Crippen molar-refractivity contribution in [2.45, 2.75) is 38.9 Å². The summed E-state index contributed by atoms with van der Waals surface area (Å²) in [4.78, 5) is 10.1. The second-order valence-electron chi connectivity index (χ2n) is 16.4. The Labute approximate surface area is 444 Å². The highest BCUT2D eigenvalue weighted by molar-refractivity contribution is 9.10. The Bertz CT molecular complexity index is 2910. The van der Waals surface area contributed by atoms with Crippen molar-refractivity contribution in [2.75, 3.05) is 21.3 Å². The van der Waals surface area contributed by atoms with E-state index in [1.165, 1.54) is 5.56 Å². The fraction of sp³-hybridized carbons (Fsp3) is 0.141.